The zero-order valence-electron chi connectivity index (χ0n) is 16.8. The molecule has 1 fully saturated rings. The largest absolute Gasteiger partial charge is 0.303 e. The predicted molar refractivity (Wildman–Crippen MR) is 112 cm³/mol. The van der Waals surface area contributed by atoms with Crippen LogP contribution in [0.25, 0.3) is 0 Å². The van der Waals surface area contributed by atoms with Crippen molar-refractivity contribution in [1.29, 1.82) is 0 Å². The van der Waals surface area contributed by atoms with E-state index < -0.39 is 15.8 Å². The molecule has 152 valence electrons. The number of likely N-dealkylation sites (tertiary alicyclic amines) is 1. The van der Waals surface area contributed by atoms with E-state index in [9.17, 15) is 12.8 Å². The van der Waals surface area contributed by atoms with Gasteiger partial charge in [0.2, 0.25) is 0 Å². The Bertz CT molecular complexity index is 872. The number of anilines is 1. The van der Waals surface area contributed by atoms with E-state index in [0.717, 1.165) is 38.0 Å². The van der Waals surface area contributed by atoms with E-state index in [1.165, 1.54) is 24.3 Å². The summed E-state index contributed by atoms with van der Waals surface area (Å²) in [7, 11) is -3.78. The molecule has 2 aromatic rings. The molecule has 0 N–H and O–H groups in total. The number of halogens is 1. The fourth-order valence-corrected chi connectivity index (χ4v) is 5.52. The van der Waals surface area contributed by atoms with E-state index in [4.69, 9.17) is 0 Å². The molecule has 0 aromatic heterocycles. The monoisotopic (exact) mass is 404 g/mol. The maximum Gasteiger partial charge on any atom is 0.264 e. The summed E-state index contributed by atoms with van der Waals surface area (Å²) in [5.74, 6) is 0.149. The standard InChI is InChI=1S/C22H29FN2O2S/c1-17(2)16-24-14-12-21(13-15-24)25(20-8-4-18(3)5-9-20)28(26,27)22-10-6-19(23)7-11-22/h4-11,17,21H,12-16H2,1-3H3. The highest BCUT2D eigenvalue weighted by molar-refractivity contribution is 7.92. The first-order valence-electron chi connectivity index (χ1n) is 9.86. The Hall–Kier alpha value is -1.92. The van der Waals surface area contributed by atoms with Crippen LogP contribution in [-0.2, 0) is 10.0 Å². The molecule has 1 heterocycles. The molecule has 0 bridgehead atoms. The highest BCUT2D eigenvalue weighted by Crippen LogP contribution is 2.31. The van der Waals surface area contributed by atoms with E-state index in [1.807, 2.05) is 31.2 Å². The van der Waals surface area contributed by atoms with Gasteiger partial charge in [0, 0.05) is 25.7 Å². The molecule has 0 unspecified atom stereocenters. The molecule has 3 rings (SSSR count). The summed E-state index contributed by atoms with van der Waals surface area (Å²) >= 11 is 0. The van der Waals surface area contributed by atoms with Crippen molar-refractivity contribution in [3.05, 3.63) is 59.9 Å². The molecule has 0 spiro atoms. The molecule has 0 saturated carbocycles. The molecular formula is C22H29FN2O2S. The first-order valence-corrected chi connectivity index (χ1v) is 11.3. The Kier molecular flexibility index (Phi) is 6.40. The van der Waals surface area contributed by atoms with Crippen molar-refractivity contribution in [3.63, 3.8) is 0 Å². The van der Waals surface area contributed by atoms with Gasteiger partial charge in [0.1, 0.15) is 5.82 Å². The fraction of sp³-hybridized carbons (Fsp3) is 0.455. The van der Waals surface area contributed by atoms with Gasteiger partial charge < -0.3 is 4.90 Å². The van der Waals surface area contributed by atoms with E-state index in [1.54, 1.807) is 4.31 Å². The van der Waals surface area contributed by atoms with Gasteiger partial charge in [-0.25, -0.2) is 12.8 Å². The van der Waals surface area contributed by atoms with Crippen molar-refractivity contribution in [2.75, 3.05) is 23.9 Å². The molecule has 0 radical (unpaired) electrons. The van der Waals surface area contributed by atoms with Crippen LogP contribution >= 0.6 is 0 Å². The lowest BCUT2D eigenvalue weighted by atomic mass is 10.0. The third kappa shape index (κ3) is 4.73. The van der Waals surface area contributed by atoms with Crippen LogP contribution in [0, 0.1) is 18.7 Å². The van der Waals surface area contributed by atoms with Crippen LogP contribution in [0.4, 0.5) is 10.1 Å². The average Bonchev–Trinajstić information content (AvgIpc) is 2.65. The maximum atomic E-state index is 13.5. The summed E-state index contributed by atoms with van der Waals surface area (Å²) < 4.78 is 41.8. The van der Waals surface area contributed by atoms with Crippen LogP contribution in [0.5, 0.6) is 0 Å². The van der Waals surface area contributed by atoms with Crippen LogP contribution in [0.2, 0.25) is 0 Å². The molecule has 1 aliphatic heterocycles. The number of nitrogens with zero attached hydrogens (tertiary/aromatic N) is 2. The van der Waals surface area contributed by atoms with Gasteiger partial charge in [-0.15, -0.1) is 0 Å². The second-order valence-electron chi connectivity index (χ2n) is 8.02. The third-order valence-electron chi connectivity index (χ3n) is 5.17. The van der Waals surface area contributed by atoms with E-state index in [0.29, 0.717) is 11.6 Å². The van der Waals surface area contributed by atoms with E-state index in [2.05, 4.69) is 18.7 Å². The SMILES string of the molecule is Cc1ccc(N(C2CCN(CC(C)C)CC2)S(=O)(=O)c2ccc(F)cc2)cc1. The van der Waals surface area contributed by atoms with Gasteiger partial charge in [-0.2, -0.15) is 0 Å². The number of hydrogen-bond donors (Lipinski definition) is 0. The van der Waals surface area contributed by atoms with Crippen LogP contribution in [0.15, 0.2) is 53.4 Å². The van der Waals surface area contributed by atoms with Gasteiger partial charge in [-0.1, -0.05) is 31.5 Å². The number of benzene rings is 2. The highest BCUT2D eigenvalue weighted by Gasteiger charge is 2.34. The second kappa shape index (κ2) is 8.62. The minimum absolute atomic E-state index is 0.110. The lowest BCUT2D eigenvalue weighted by Crippen LogP contribution is -2.48. The van der Waals surface area contributed by atoms with Gasteiger partial charge in [0.05, 0.1) is 10.6 Å². The molecule has 4 nitrogen and oxygen atoms in total. The van der Waals surface area contributed by atoms with Gasteiger partial charge in [-0.3, -0.25) is 4.31 Å². The number of rotatable bonds is 6. The Balaban J connectivity index is 1.92. The Morgan fingerprint density at radius 2 is 1.61 bits per heavy atom. The summed E-state index contributed by atoms with van der Waals surface area (Å²) in [5.41, 5.74) is 1.74. The van der Waals surface area contributed by atoms with Gasteiger partial charge in [-0.05, 0) is 62.1 Å². The molecule has 0 amide bonds. The lowest BCUT2D eigenvalue weighted by Gasteiger charge is -2.39. The molecule has 0 atom stereocenters. The first kappa shape index (κ1) is 20.8. The van der Waals surface area contributed by atoms with E-state index >= 15 is 0 Å². The number of sulfonamides is 1. The van der Waals surface area contributed by atoms with Crippen molar-refractivity contribution in [1.82, 2.24) is 4.90 Å². The number of aryl methyl sites for hydroxylation is 1. The smallest absolute Gasteiger partial charge is 0.264 e. The second-order valence-corrected chi connectivity index (χ2v) is 9.83. The Morgan fingerprint density at radius 3 is 2.14 bits per heavy atom. The van der Waals surface area contributed by atoms with Crippen molar-refractivity contribution in [3.8, 4) is 0 Å². The molecular weight excluding hydrogens is 375 g/mol. The fourth-order valence-electron chi connectivity index (χ4n) is 3.81. The van der Waals surface area contributed by atoms with Crippen LogP contribution < -0.4 is 4.31 Å². The van der Waals surface area contributed by atoms with Crippen molar-refractivity contribution >= 4 is 15.7 Å². The summed E-state index contributed by atoms with van der Waals surface area (Å²) in [6.45, 7) is 9.16. The van der Waals surface area contributed by atoms with Crippen molar-refractivity contribution in [2.45, 2.75) is 44.6 Å². The minimum atomic E-state index is -3.78. The minimum Gasteiger partial charge on any atom is -0.303 e. The van der Waals surface area contributed by atoms with Crippen LogP contribution in [-0.4, -0.2) is 39.0 Å². The van der Waals surface area contributed by atoms with Crippen LogP contribution in [0.3, 0.4) is 0 Å². The summed E-state index contributed by atoms with van der Waals surface area (Å²) in [4.78, 5) is 2.53. The van der Waals surface area contributed by atoms with Crippen LogP contribution in [0.1, 0.15) is 32.3 Å². The average molecular weight is 405 g/mol. The Morgan fingerprint density at radius 1 is 1.04 bits per heavy atom. The zero-order chi connectivity index (χ0) is 20.3. The summed E-state index contributed by atoms with van der Waals surface area (Å²) in [5, 5.41) is 0. The summed E-state index contributed by atoms with van der Waals surface area (Å²) in [6.07, 6.45) is 1.56. The molecule has 28 heavy (non-hydrogen) atoms. The van der Waals surface area contributed by atoms with Gasteiger partial charge in [0.25, 0.3) is 10.0 Å². The Labute approximate surface area is 168 Å². The molecule has 0 aliphatic carbocycles. The third-order valence-corrected chi connectivity index (χ3v) is 7.07. The summed E-state index contributed by atoms with van der Waals surface area (Å²) in [6, 6.07) is 12.6. The maximum absolute atomic E-state index is 13.5. The molecule has 2 aromatic carbocycles. The topological polar surface area (TPSA) is 40.6 Å². The first-order chi connectivity index (χ1) is 13.3. The van der Waals surface area contributed by atoms with Gasteiger partial charge >= 0.3 is 0 Å². The van der Waals surface area contributed by atoms with Crippen molar-refractivity contribution in [2.24, 2.45) is 5.92 Å². The zero-order valence-corrected chi connectivity index (χ0v) is 17.6. The molecule has 6 heteroatoms. The lowest BCUT2D eigenvalue weighted by molar-refractivity contribution is 0.194. The van der Waals surface area contributed by atoms with E-state index in [-0.39, 0.29) is 10.9 Å². The number of hydrogen-bond acceptors (Lipinski definition) is 3. The van der Waals surface area contributed by atoms with Gasteiger partial charge in [0.15, 0.2) is 0 Å². The molecule has 1 saturated heterocycles. The number of piperidine rings is 1. The quantitative estimate of drug-likeness (QED) is 0.714. The normalized spacial score (nSPS) is 16.5. The van der Waals surface area contributed by atoms with Crippen molar-refractivity contribution < 1.29 is 12.8 Å². The predicted octanol–water partition coefficient (Wildman–Crippen LogP) is 4.45. The highest BCUT2D eigenvalue weighted by atomic mass is 32.2. The molecule has 1 aliphatic rings.